The predicted molar refractivity (Wildman–Crippen MR) is 80.8 cm³/mol. The lowest BCUT2D eigenvalue weighted by molar-refractivity contribution is 0.213. The maximum atomic E-state index is 13.7. The lowest BCUT2D eigenvalue weighted by Gasteiger charge is -2.28. The van der Waals surface area contributed by atoms with Crippen molar-refractivity contribution >= 4 is 15.7 Å². The summed E-state index contributed by atoms with van der Waals surface area (Å²) in [5.74, 6) is -0.290. The molecular weight excluding hydrogens is 293 g/mol. The zero-order chi connectivity index (χ0) is 15.5. The first-order chi connectivity index (χ1) is 9.88. The molecule has 0 saturated carbocycles. The third-order valence-electron chi connectivity index (χ3n) is 3.93. The Morgan fingerprint density at radius 1 is 1.38 bits per heavy atom. The first-order valence-electron chi connectivity index (χ1n) is 7.12. The van der Waals surface area contributed by atoms with E-state index in [1.807, 2.05) is 0 Å². The number of hydrogen-bond donors (Lipinski definition) is 2. The van der Waals surface area contributed by atoms with Gasteiger partial charge in [-0.15, -0.1) is 0 Å². The Morgan fingerprint density at radius 2 is 2.05 bits per heavy atom. The second kappa shape index (κ2) is 6.72. The highest BCUT2D eigenvalue weighted by atomic mass is 32.2. The van der Waals surface area contributed by atoms with E-state index in [9.17, 15) is 12.8 Å². The molecule has 7 heteroatoms. The van der Waals surface area contributed by atoms with Crippen molar-refractivity contribution in [2.24, 2.45) is 5.92 Å². The molecule has 0 atom stereocenters. The summed E-state index contributed by atoms with van der Waals surface area (Å²) in [6.07, 6.45) is 2.94. The van der Waals surface area contributed by atoms with Crippen molar-refractivity contribution in [3.63, 3.8) is 0 Å². The number of rotatable bonds is 5. The van der Waals surface area contributed by atoms with Crippen molar-refractivity contribution in [3.8, 4) is 0 Å². The summed E-state index contributed by atoms with van der Waals surface area (Å²) >= 11 is 0. The predicted octanol–water partition coefficient (Wildman–Crippen LogP) is 1.42. The van der Waals surface area contributed by atoms with Gasteiger partial charge in [0.05, 0.1) is 0 Å². The topological polar surface area (TPSA) is 75.4 Å². The van der Waals surface area contributed by atoms with Crippen molar-refractivity contribution in [2.45, 2.75) is 24.2 Å². The van der Waals surface area contributed by atoms with Crippen LogP contribution in [0.1, 0.15) is 19.3 Å². The van der Waals surface area contributed by atoms with Gasteiger partial charge < -0.3 is 10.6 Å². The van der Waals surface area contributed by atoms with Crippen LogP contribution in [0.4, 0.5) is 10.1 Å². The molecule has 1 heterocycles. The molecular formula is C14H22FN3O2S. The molecule has 0 unspecified atom stereocenters. The number of anilines is 1. The van der Waals surface area contributed by atoms with E-state index in [1.165, 1.54) is 12.1 Å². The smallest absolute Gasteiger partial charge is 0.243 e. The van der Waals surface area contributed by atoms with Gasteiger partial charge in [-0.25, -0.2) is 17.5 Å². The molecule has 1 saturated heterocycles. The third-order valence-corrected chi connectivity index (χ3v) is 5.42. The van der Waals surface area contributed by atoms with Crippen molar-refractivity contribution in [1.82, 2.24) is 9.62 Å². The fourth-order valence-corrected chi connectivity index (χ4v) is 3.67. The molecule has 21 heavy (non-hydrogen) atoms. The Hall–Kier alpha value is -1.18. The molecule has 0 bridgehead atoms. The van der Waals surface area contributed by atoms with Crippen LogP contribution in [-0.2, 0) is 10.0 Å². The molecule has 0 spiro atoms. The Balaban J connectivity index is 1.89. The second-order valence-electron chi connectivity index (χ2n) is 5.62. The van der Waals surface area contributed by atoms with Crippen LogP contribution in [0.15, 0.2) is 23.1 Å². The third kappa shape index (κ3) is 4.39. The molecule has 1 fully saturated rings. The molecule has 0 aromatic heterocycles. The molecule has 0 aliphatic carbocycles. The van der Waals surface area contributed by atoms with Crippen LogP contribution in [0.5, 0.6) is 0 Å². The van der Waals surface area contributed by atoms with Gasteiger partial charge in [0.25, 0.3) is 0 Å². The van der Waals surface area contributed by atoms with Crippen LogP contribution < -0.4 is 10.5 Å². The van der Waals surface area contributed by atoms with Crippen molar-refractivity contribution < 1.29 is 12.8 Å². The van der Waals surface area contributed by atoms with Gasteiger partial charge in [0, 0.05) is 12.2 Å². The van der Waals surface area contributed by atoms with E-state index < -0.39 is 15.8 Å². The average Bonchev–Trinajstić information content (AvgIpc) is 2.40. The summed E-state index contributed by atoms with van der Waals surface area (Å²) in [5.41, 5.74) is 5.63. The van der Waals surface area contributed by atoms with E-state index >= 15 is 0 Å². The van der Waals surface area contributed by atoms with Gasteiger partial charge in [0.2, 0.25) is 10.0 Å². The number of nitrogens with two attached hydrogens (primary N) is 1. The van der Waals surface area contributed by atoms with E-state index in [0.717, 1.165) is 38.4 Å². The van der Waals surface area contributed by atoms with Crippen LogP contribution in [0.3, 0.4) is 0 Å². The summed E-state index contributed by atoms with van der Waals surface area (Å²) in [5, 5.41) is 0. The highest BCUT2D eigenvalue weighted by Gasteiger charge is 2.20. The van der Waals surface area contributed by atoms with Gasteiger partial charge in [0.1, 0.15) is 10.7 Å². The van der Waals surface area contributed by atoms with Gasteiger partial charge in [0.15, 0.2) is 0 Å². The standard InChI is InChI=1S/C14H22FN3O2S/c1-18-8-5-11(6-9-18)4-7-17-21(19,20)14-3-2-12(16)10-13(14)15/h2-3,10-11,17H,4-9,16H2,1H3. The SMILES string of the molecule is CN1CCC(CCNS(=O)(=O)c2ccc(N)cc2F)CC1. The summed E-state index contributed by atoms with van der Waals surface area (Å²) in [7, 11) is -1.72. The first kappa shape index (κ1) is 16.2. The number of nitrogen functional groups attached to an aromatic ring is 1. The maximum Gasteiger partial charge on any atom is 0.243 e. The van der Waals surface area contributed by atoms with Gasteiger partial charge in [-0.05, 0) is 63.5 Å². The molecule has 0 amide bonds. The summed E-state index contributed by atoms with van der Waals surface area (Å²) < 4.78 is 40.3. The van der Waals surface area contributed by atoms with Crippen LogP contribution >= 0.6 is 0 Å². The fraction of sp³-hybridized carbons (Fsp3) is 0.571. The molecule has 118 valence electrons. The highest BCUT2D eigenvalue weighted by molar-refractivity contribution is 7.89. The molecule has 5 nitrogen and oxygen atoms in total. The zero-order valence-electron chi connectivity index (χ0n) is 12.2. The Kier molecular flexibility index (Phi) is 5.18. The first-order valence-corrected chi connectivity index (χ1v) is 8.60. The van der Waals surface area contributed by atoms with Crippen molar-refractivity contribution in [1.29, 1.82) is 0 Å². The van der Waals surface area contributed by atoms with Crippen LogP contribution in [-0.4, -0.2) is 40.0 Å². The number of likely N-dealkylation sites (tertiary alicyclic amines) is 1. The number of sulfonamides is 1. The molecule has 3 N–H and O–H groups in total. The molecule has 1 aromatic rings. The number of hydrogen-bond acceptors (Lipinski definition) is 4. The zero-order valence-corrected chi connectivity index (χ0v) is 13.0. The molecule has 1 aliphatic heterocycles. The number of nitrogens with one attached hydrogen (secondary N) is 1. The van der Waals surface area contributed by atoms with E-state index in [2.05, 4.69) is 16.7 Å². The van der Waals surface area contributed by atoms with Crippen molar-refractivity contribution in [2.75, 3.05) is 32.4 Å². The van der Waals surface area contributed by atoms with Gasteiger partial charge >= 0.3 is 0 Å². The average molecular weight is 315 g/mol. The number of nitrogens with zero attached hydrogens (tertiary/aromatic N) is 1. The van der Waals surface area contributed by atoms with Crippen molar-refractivity contribution in [3.05, 3.63) is 24.0 Å². The van der Waals surface area contributed by atoms with Gasteiger partial charge in [-0.1, -0.05) is 0 Å². The lowest BCUT2D eigenvalue weighted by Crippen LogP contribution is -2.33. The van der Waals surface area contributed by atoms with Gasteiger partial charge in [-0.2, -0.15) is 0 Å². The fourth-order valence-electron chi connectivity index (χ4n) is 2.56. The van der Waals surface area contributed by atoms with E-state index in [-0.39, 0.29) is 10.6 Å². The van der Waals surface area contributed by atoms with E-state index in [1.54, 1.807) is 0 Å². The normalized spacial score (nSPS) is 18.0. The Bertz CT molecular complexity index is 584. The number of halogens is 1. The lowest BCUT2D eigenvalue weighted by atomic mass is 9.94. The minimum absolute atomic E-state index is 0.206. The van der Waals surface area contributed by atoms with Crippen LogP contribution in [0.2, 0.25) is 0 Å². The largest absolute Gasteiger partial charge is 0.399 e. The van der Waals surface area contributed by atoms with E-state index in [4.69, 9.17) is 5.73 Å². The summed E-state index contributed by atoms with van der Waals surface area (Å²) in [4.78, 5) is 1.92. The van der Waals surface area contributed by atoms with Crippen LogP contribution in [0, 0.1) is 11.7 Å². The Labute approximate surface area is 125 Å². The van der Waals surface area contributed by atoms with Gasteiger partial charge in [-0.3, -0.25) is 0 Å². The summed E-state index contributed by atoms with van der Waals surface area (Å²) in [6.45, 7) is 2.43. The molecule has 0 radical (unpaired) electrons. The quantitative estimate of drug-likeness (QED) is 0.806. The molecule has 1 aliphatic rings. The number of piperidine rings is 1. The maximum absolute atomic E-state index is 13.7. The van der Waals surface area contributed by atoms with Crippen LogP contribution in [0.25, 0.3) is 0 Å². The van der Waals surface area contributed by atoms with E-state index in [0.29, 0.717) is 12.5 Å². The monoisotopic (exact) mass is 315 g/mol. The highest BCUT2D eigenvalue weighted by Crippen LogP contribution is 2.20. The minimum atomic E-state index is -3.81. The number of benzene rings is 1. The second-order valence-corrected chi connectivity index (χ2v) is 7.36. The summed E-state index contributed by atoms with van der Waals surface area (Å²) in [6, 6.07) is 3.60. The molecule has 2 rings (SSSR count). The Morgan fingerprint density at radius 3 is 2.67 bits per heavy atom. The molecule has 1 aromatic carbocycles. The minimum Gasteiger partial charge on any atom is -0.399 e.